The van der Waals surface area contributed by atoms with Crippen molar-refractivity contribution in [1.29, 1.82) is 0 Å². The van der Waals surface area contributed by atoms with E-state index in [1.54, 1.807) is 17.0 Å². The number of amides is 1. The summed E-state index contributed by atoms with van der Waals surface area (Å²) in [6.07, 6.45) is 1.52. The molecule has 1 fully saturated rings. The van der Waals surface area contributed by atoms with Gasteiger partial charge in [-0.1, -0.05) is 0 Å². The Kier molecular flexibility index (Phi) is 7.48. The SMILES string of the molecule is CN(c1ccc(F)cc1)C1CCN(C(=O)OC(C)(C)C)CC1.CO. The lowest BCUT2D eigenvalue weighted by Crippen LogP contribution is -2.47. The Morgan fingerprint density at radius 3 is 2.17 bits per heavy atom. The quantitative estimate of drug-likeness (QED) is 0.898. The Hall–Kier alpha value is -1.82. The van der Waals surface area contributed by atoms with Crippen LogP contribution in [0.15, 0.2) is 24.3 Å². The summed E-state index contributed by atoms with van der Waals surface area (Å²) in [6, 6.07) is 6.87. The summed E-state index contributed by atoms with van der Waals surface area (Å²) in [5, 5.41) is 7.00. The van der Waals surface area contributed by atoms with E-state index >= 15 is 0 Å². The van der Waals surface area contributed by atoms with Crippen molar-refractivity contribution in [2.24, 2.45) is 0 Å². The normalized spacial score (nSPS) is 15.4. The number of nitrogens with zero attached hydrogens (tertiary/aromatic N) is 2. The van der Waals surface area contributed by atoms with Crippen LogP contribution in [0.25, 0.3) is 0 Å². The van der Waals surface area contributed by atoms with Crippen LogP contribution in [-0.4, -0.2) is 55.0 Å². The number of carbonyl (C=O) groups is 1. The van der Waals surface area contributed by atoms with Crippen LogP contribution in [0.5, 0.6) is 0 Å². The van der Waals surface area contributed by atoms with Gasteiger partial charge in [0.1, 0.15) is 11.4 Å². The fraction of sp³-hybridized carbons (Fsp3) is 0.611. The van der Waals surface area contributed by atoms with Crippen molar-refractivity contribution in [3.63, 3.8) is 0 Å². The van der Waals surface area contributed by atoms with Gasteiger partial charge in [0.25, 0.3) is 0 Å². The molecule has 2 rings (SSSR count). The molecule has 0 aromatic heterocycles. The van der Waals surface area contributed by atoms with E-state index in [2.05, 4.69) is 4.90 Å². The van der Waals surface area contributed by atoms with Gasteiger partial charge in [-0.05, 0) is 57.9 Å². The van der Waals surface area contributed by atoms with Gasteiger partial charge >= 0.3 is 6.09 Å². The molecule has 1 amide bonds. The third kappa shape index (κ3) is 6.00. The van der Waals surface area contributed by atoms with Crippen LogP contribution in [0.3, 0.4) is 0 Å². The number of benzene rings is 1. The molecule has 0 unspecified atom stereocenters. The second-order valence-electron chi connectivity index (χ2n) is 6.79. The number of rotatable bonds is 2. The first-order valence-corrected chi connectivity index (χ1v) is 8.17. The highest BCUT2D eigenvalue weighted by Crippen LogP contribution is 2.23. The van der Waals surface area contributed by atoms with E-state index in [1.165, 1.54) is 12.1 Å². The highest BCUT2D eigenvalue weighted by atomic mass is 19.1. The fourth-order valence-corrected chi connectivity index (χ4v) is 2.65. The minimum absolute atomic E-state index is 0.225. The second kappa shape index (κ2) is 8.87. The summed E-state index contributed by atoms with van der Waals surface area (Å²) in [5.41, 5.74) is 0.538. The van der Waals surface area contributed by atoms with Crippen molar-refractivity contribution in [2.75, 3.05) is 32.1 Å². The Labute approximate surface area is 144 Å². The lowest BCUT2D eigenvalue weighted by atomic mass is 10.0. The molecular formula is C18H29FN2O3. The first-order valence-electron chi connectivity index (χ1n) is 8.17. The van der Waals surface area contributed by atoms with E-state index in [4.69, 9.17) is 9.84 Å². The van der Waals surface area contributed by atoms with Gasteiger partial charge in [0, 0.05) is 39.0 Å². The molecule has 0 atom stereocenters. The number of hydrogen-bond donors (Lipinski definition) is 1. The van der Waals surface area contributed by atoms with E-state index in [1.807, 2.05) is 27.8 Å². The summed E-state index contributed by atoms with van der Waals surface area (Å²) in [5.74, 6) is -0.225. The summed E-state index contributed by atoms with van der Waals surface area (Å²) in [6.45, 7) is 7.00. The molecule has 1 aliphatic rings. The topological polar surface area (TPSA) is 53.0 Å². The largest absolute Gasteiger partial charge is 0.444 e. The van der Waals surface area contributed by atoms with Gasteiger partial charge in [-0.2, -0.15) is 0 Å². The third-order valence-corrected chi connectivity index (χ3v) is 3.90. The lowest BCUT2D eigenvalue weighted by molar-refractivity contribution is 0.0205. The third-order valence-electron chi connectivity index (χ3n) is 3.90. The molecule has 0 saturated carbocycles. The predicted molar refractivity (Wildman–Crippen MR) is 93.8 cm³/mol. The number of aliphatic hydroxyl groups excluding tert-OH is 1. The highest BCUT2D eigenvalue weighted by molar-refractivity contribution is 5.68. The van der Waals surface area contributed by atoms with Gasteiger partial charge < -0.3 is 19.6 Å². The Balaban J connectivity index is 0.00000139. The Morgan fingerprint density at radius 1 is 1.21 bits per heavy atom. The smallest absolute Gasteiger partial charge is 0.410 e. The molecule has 5 nitrogen and oxygen atoms in total. The van der Waals surface area contributed by atoms with Crippen molar-refractivity contribution in [3.05, 3.63) is 30.1 Å². The molecule has 1 saturated heterocycles. The molecule has 6 heteroatoms. The highest BCUT2D eigenvalue weighted by Gasteiger charge is 2.28. The summed E-state index contributed by atoms with van der Waals surface area (Å²) < 4.78 is 18.4. The number of carbonyl (C=O) groups excluding carboxylic acids is 1. The fourth-order valence-electron chi connectivity index (χ4n) is 2.65. The van der Waals surface area contributed by atoms with E-state index in [0.29, 0.717) is 19.1 Å². The molecular weight excluding hydrogens is 311 g/mol. The molecule has 0 bridgehead atoms. The number of halogens is 1. The van der Waals surface area contributed by atoms with Gasteiger partial charge in [-0.25, -0.2) is 9.18 Å². The maximum Gasteiger partial charge on any atom is 0.410 e. The Morgan fingerprint density at radius 2 is 1.71 bits per heavy atom. The van der Waals surface area contributed by atoms with Crippen LogP contribution in [0.2, 0.25) is 0 Å². The van der Waals surface area contributed by atoms with Crippen molar-refractivity contribution in [3.8, 4) is 0 Å². The monoisotopic (exact) mass is 340 g/mol. The number of anilines is 1. The maximum absolute atomic E-state index is 13.0. The van der Waals surface area contributed by atoms with Crippen molar-refractivity contribution < 1.29 is 19.0 Å². The molecule has 0 spiro atoms. The van der Waals surface area contributed by atoms with Crippen LogP contribution in [-0.2, 0) is 4.74 Å². The van der Waals surface area contributed by atoms with Crippen LogP contribution >= 0.6 is 0 Å². The molecule has 1 heterocycles. The van der Waals surface area contributed by atoms with E-state index in [-0.39, 0.29) is 11.9 Å². The van der Waals surface area contributed by atoms with E-state index in [9.17, 15) is 9.18 Å². The zero-order chi connectivity index (χ0) is 18.3. The van der Waals surface area contributed by atoms with Crippen molar-refractivity contribution >= 4 is 11.8 Å². The first-order chi connectivity index (χ1) is 11.3. The molecule has 0 radical (unpaired) electrons. The van der Waals surface area contributed by atoms with Crippen LogP contribution in [0.1, 0.15) is 33.6 Å². The average molecular weight is 340 g/mol. The maximum atomic E-state index is 13.0. The van der Waals surface area contributed by atoms with E-state index in [0.717, 1.165) is 25.6 Å². The van der Waals surface area contributed by atoms with Gasteiger partial charge in [0.15, 0.2) is 0 Å². The van der Waals surface area contributed by atoms with Gasteiger partial charge in [-0.15, -0.1) is 0 Å². The zero-order valence-electron chi connectivity index (χ0n) is 15.3. The van der Waals surface area contributed by atoms with Crippen molar-refractivity contribution in [1.82, 2.24) is 4.90 Å². The van der Waals surface area contributed by atoms with Gasteiger partial charge in [0.05, 0.1) is 0 Å². The first kappa shape index (κ1) is 20.2. The molecule has 1 aromatic rings. The molecule has 1 aromatic carbocycles. The number of likely N-dealkylation sites (tertiary alicyclic amines) is 1. The van der Waals surface area contributed by atoms with Crippen LogP contribution < -0.4 is 4.90 Å². The predicted octanol–water partition coefficient (Wildman–Crippen LogP) is 3.27. The number of ether oxygens (including phenoxy) is 1. The zero-order valence-corrected chi connectivity index (χ0v) is 15.3. The number of hydrogen-bond acceptors (Lipinski definition) is 4. The molecule has 136 valence electrons. The van der Waals surface area contributed by atoms with Crippen molar-refractivity contribution in [2.45, 2.75) is 45.3 Å². The standard InChI is InChI=1S/C17H25FN2O2.CH4O/c1-17(2,3)22-16(21)20-11-9-15(10-12-20)19(4)14-7-5-13(18)6-8-14;1-2/h5-8,15H,9-12H2,1-4H3;2H,1H3. The second-order valence-corrected chi connectivity index (χ2v) is 6.79. The van der Waals surface area contributed by atoms with Gasteiger partial charge in [0.2, 0.25) is 0 Å². The summed E-state index contributed by atoms with van der Waals surface area (Å²) in [4.78, 5) is 16.0. The molecule has 0 aliphatic carbocycles. The number of aliphatic hydroxyl groups is 1. The van der Waals surface area contributed by atoms with Gasteiger partial charge in [-0.3, -0.25) is 0 Å². The van der Waals surface area contributed by atoms with Crippen LogP contribution in [0.4, 0.5) is 14.9 Å². The average Bonchev–Trinajstić information content (AvgIpc) is 2.55. The lowest BCUT2D eigenvalue weighted by Gasteiger charge is -2.38. The molecule has 1 aliphatic heterocycles. The number of piperidine rings is 1. The molecule has 1 N–H and O–H groups in total. The molecule has 24 heavy (non-hydrogen) atoms. The summed E-state index contributed by atoms with van der Waals surface area (Å²) >= 11 is 0. The Bertz CT molecular complexity index is 506. The summed E-state index contributed by atoms with van der Waals surface area (Å²) in [7, 11) is 3.01. The minimum atomic E-state index is -0.459. The minimum Gasteiger partial charge on any atom is -0.444 e. The van der Waals surface area contributed by atoms with E-state index < -0.39 is 5.60 Å². The van der Waals surface area contributed by atoms with Crippen LogP contribution in [0, 0.1) is 5.82 Å².